The molecule has 0 aromatic heterocycles. The molecule has 2 nitrogen and oxygen atoms in total. The molecule has 0 spiro atoms. The lowest BCUT2D eigenvalue weighted by molar-refractivity contribution is 0.685. The summed E-state index contributed by atoms with van der Waals surface area (Å²) in [6.45, 7) is 0. The number of para-hydroxylation sites is 1. The molecule has 0 saturated carbocycles. The molecule has 1 atom stereocenters. The van der Waals surface area contributed by atoms with Crippen molar-refractivity contribution in [3.8, 4) is 0 Å². The zero-order valence-corrected chi connectivity index (χ0v) is 10.6. The first kappa shape index (κ1) is 11.4. The minimum absolute atomic E-state index is 0.931. The highest BCUT2D eigenvalue weighted by Gasteiger charge is 2.17. The van der Waals surface area contributed by atoms with Crippen molar-refractivity contribution in [3.63, 3.8) is 0 Å². The van der Waals surface area contributed by atoms with Crippen molar-refractivity contribution >= 4 is 16.5 Å². The molecule has 0 radical (unpaired) electrons. The second-order valence-electron chi connectivity index (χ2n) is 4.19. The molecule has 1 aromatic carbocycles. The Labute approximate surface area is 99.4 Å². The maximum atomic E-state index is 12.4. The maximum absolute atomic E-state index is 12.4. The molecule has 0 N–H and O–H groups in total. The minimum atomic E-state index is -0.971. The average molecular weight is 235 g/mol. The second-order valence-corrected chi connectivity index (χ2v) is 5.70. The largest absolute Gasteiger partial charge is 0.377 e. The molecule has 0 heterocycles. The van der Waals surface area contributed by atoms with E-state index in [4.69, 9.17) is 0 Å². The van der Waals surface area contributed by atoms with Crippen LogP contribution in [0.3, 0.4) is 0 Å². The van der Waals surface area contributed by atoms with Crippen molar-refractivity contribution in [2.45, 2.75) is 24.2 Å². The van der Waals surface area contributed by atoms with Crippen LogP contribution >= 0.6 is 0 Å². The van der Waals surface area contributed by atoms with Gasteiger partial charge in [0, 0.05) is 19.0 Å². The number of allylic oxidation sites excluding steroid dienone is 2. The van der Waals surface area contributed by atoms with Crippen LogP contribution in [0.5, 0.6) is 0 Å². The van der Waals surface area contributed by atoms with Crippen LogP contribution in [0.2, 0.25) is 0 Å². The summed E-state index contributed by atoms with van der Waals surface area (Å²) >= 11 is 0. The highest BCUT2D eigenvalue weighted by Crippen LogP contribution is 2.30. The first-order valence-electron chi connectivity index (χ1n) is 5.57. The van der Waals surface area contributed by atoms with Crippen LogP contribution < -0.4 is 4.90 Å². The molecule has 0 bridgehead atoms. The summed E-state index contributed by atoms with van der Waals surface area (Å²) in [6.07, 6.45) is 5.33. The van der Waals surface area contributed by atoms with Gasteiger partial charge >= 0.3 is 0 Å². The lowest BCUT2D eigenvalue weighted by Crippen LogP contribution is -2.12. The summed E-state index contributed by atoms with van der Waals surface area (Å²) < 4.78 is 12.4. The van der Waals surface area contributed by atoms with E-state index >= 15 is 0 Å². The van der Waals surface area contributed by atoms with E-state index in [9.17, 15) is 4.21 Å². The van der Waals surface area contributed by atoms with Crippen molar-refractivity contribution < 1.29 is 4.21 Å². The normalized spacial score (nSPS) is 17.0. The molecule has 0 saturated heterocycles. The van der Waals surface area contributed by atoms with Gasteiger partial charge in [-0.3, -0.25) is 0 Å². The number of hydrogen-bond donors (Lipinski definition) is 0. The smallest absolute Gasteiger partial charge is 0.0826 e. The van der Waals surface area contributed by atoms with Gasteiger partial charge in [0.1, 0.15) is 0 Å². The molecule has 86 valence electrons. The van der Waals surface area contributed by atoms with E-state index in [0.29, 0.717) is 0 Å². The van der Waals surface area contributed by atoms with E-state index < -0.39 is 10.8 Å². The molecule has 2 rings (SSSR count). The standard InChI is InChI=1S/C13H17NOS/c1-14(2)12-9-5-6-10-13(12)16(15)11-7-3-4-8-11/h5-7,9-10H,3-4,8H2,1-2H3/t16-/m1/s1. The quantitative estimate of drug-likeness (QED) is 0.803. The zero-order chi connectivity index (χ0) is 11.5. The van der Waals surface area contributed by atoms with Crippen LogP contribution in [-0.4, -0.2) is 18.3 Å². The fourth-order valence-electron chi connectivity index (χ4n) is 1.93. The van der Waals surface area contributed by atoms with Crippen LogP contribution in [0.15, 0.2) is 40.1 Å². The van der Waals surface area contributed by atoms with Crippen molar-refractivity contribution in [1.29, 1.82) is 0 Å². The Morgan fingerprint density at radius 1 is 1.25 bits per heavy atom. The predicted molar refractivity (Wildman–Crippen MR) is 69.1 cm³/mol. The molecule has 3 heteroatoms. The Morgan fingerprint density at radius 3 is 2.62 bits per heavy atom. The van der Waals surface area contributed by atoms with E-state index in [1.54, 1.807) is 0 Å². The Morgan fingerprint density at radius 2 is 2.00 bits per heavy atom. The third-order valence-corrected chi connectivity index (χ3v) is 4.38. The molecule has 0 aliphatic heterocycles. The number of rotatable bonds is 3. The van der Waals surface area contributed by atoms with Gasteiger partial charge in [0.25, 0.3) is 0 Å². The molecule has 1 aromatic rings. The highest BCUT2D eigenvalue weighted by atomic mass is 32.2. The first-order chi connectivity index (χ1) is 7.70. The van der Waals surface area contributed by atoms with Gasteiger partial charge in [-0.1, -0.05) is 18.2 Å². The third-order valence-electron chi connectivity index (χ3n) is 2.78. The van der Waals surface area contributed by atoms with E-state index in [2.05, 4.69) is 6.08 Å². The number of anilines is 1. The fraction of sp³-hybridized carbons (Fsp3) is 0.385. The molecular formula is C13H17NOS. The van der Waals surface area contributed by atoms with Crippen molar-refractivity contribution in [2.75, 3.05) is 19.0 Å². The molecular weight excluding hydrogens is 218 g/mol. The Kier molecular flexibility index (Phi) is 3.44. The average Bonchev–Trinajstić information content (AvgIpc) is 2.81. The summed E-state index contributed by atoms with van der Waals surface area (Å²) in [5.41, 5.74) is 1.05. The molecule has 0 amide bonds. The number of benzene rings is 1. The fourth-order valence-corrected chi connectivity index (χ4v) is 3.46. The highest BCUT2D eigenvalue weighted by molar-refractivity contribution is 7.89. The van der Waals surface area contributed by atoms with Gasteiger partial charge < -0.3 is 4.90 Å². The van der Waals surface area contributed by atoms with Gasteiger partial charge in [-0.2, -0.15) is 0 Å². The Balaban J connectivity index is 2.36. The summed E-state index contributed by atoms with van der Waals surface area (Å²) in [4.78, 5) is 4.04. The van der Waals surface area contributed by atoms with Gasteiger partial charge in [-0.15, -0.1) is 0 Å². The van der Waals surface area contributed by atoms with Crippen molar-refractivity contribution in [1.82, 2.24) is 0 Å². The summed E-state index contributed by atoms with van der Waals surface area (Å²) in [6, 6.07) is 7.92. The SMILES string of the molecule is CN(C)c1ccccc1[S@](=O)C1=CCCC1. The number of hydrogen-bond acceptors (Lipinski definition) is 2. The van der Waals surface area contributed by atoms with E-state index in [0.717, 1.165) is 34.8 Å². The summed E-state index contributed by atoms with van der Waals surface area (Å²) in [5.74, 6) is 0. The van der Waals surface area contributed by atoms with Crippen LogP contribution in [0.4, 0.5) is 5.69 Å². The molecule has 0 unspecified atom stereocenters. The third kappa shape index (κ3) is 2.19. The molecule has 16 heavy (non-hydrogen) atoms. The molecule has 1 aliphatic carbocycles. The number of nitrogens with zero attached hydrogens (tertiary/aromatic N) is 1. The second kappa shape index (κ2) is 4.83. The predicted octanol–water partition coefficient (Wildman–Crippen LogP) is 2.93. The monoisotopic (exact) mass is 235 g/mol. The first-order valence-corrected chi connectivity index (χ1v) is 6.72. The van der Waals surface area contributed by atoms with Crippen molar-refractivity contribution in [3.05, 3.63) is 35.2 Å². The van der Waals surface area contributed by atoms with E-state index in [1.165, 1.54) is 0 Å². The topological polar surface area (TPSA) is 20.3 Å². The van der Waals surface area contributed by atoms with Gasteiger partial charge in [0.05, 0.1) is 21.4 Å². The Hall–Kier alpha value is -1.09. The van der Waals surface area contributed by atoms with Gasteiger partial charge in [0.15, 0.2) is 0 Å². The Bertz CT molecular complexity index is 437. The maximum Gasteiger partial charge on any atom is 0.0826 e. The van der Waals surface area contributed by atoms with E-state index in [-0.39, 0.29) is 0 Å². The van der Waals surface area contributed by atoms with Crippen molar-refractivity contribution in [2.24, 2.45) is 0 Å². The lowest BCUT2D eigenvalue weighted by Gasteiger charge is -2.17. The minimum Gasteiger partial charge on any atom is -0.377 e. The van der Waals surface area contributed by atoms with Crippen LogP contribution in [-0.2, 0) is 10.8 Å². The van der Waals surface area contributed by atoms with Crippen LogP contribution in [0, 0.1) is 0 Å². The van der Waals surface area contributed by atoms with Gasteiger partial charge in [0.2, 0.25) is 0 Å². The van der Waals surface area contributed by atoms with Gasteiger partial charge in [-0.05, 0) is 31.4 Å². The van der Waals surface area contributed by atoms with Crippen LogP contribution in [0.1, 0.15) is 19.3 Å². The van der Waals surface area contributed by atoms with E-state index in [1.807, 2.05) is 43.3 Å². The van der Waals surface area contributed by atoms with Gasteiger partial charge in [-0.25, -0.2) is 4.21 Å². The van der Waals surface area contributed by atoms with Crippen LogP contribution in [0.25, 0.3) is 0 Å². The lowest BCUT2D eigenvalue weighted by atomic mass is 10.3. The summed E-state index contributed by atoms with van der Waals surface area (Å²) in [7, 11) is 3.00. The molecule has 0 fully saturated rings. The summed E-state index contributed by atoms with van der Waals surface area (Å²) in [5, 5.41) is 0. The zero-order valence-electron chi connectivity index (χ0n) is 9.77. The molecule has 1 aliphatic rings.